The molecule has 0 saturated carbocycles. The van der Waals surface area contributed by atoms with Crippen LogP contribution in [0.25, 0.3) is 43.2 Å². The molecule has 2 aliphatic heterocycles. The first-order chi connectivity index (χ1) is 22.2. The molecule has 46 heavy (non-hydrogen) atoms. The molecule has 0 bridgehead atoms. The van der Waals surface area contributed by atoms with Gasteiger partial charge in [-0.1, -0.05) is 23.7 Å². The summed E-state index contributed by atoms with van der Waals surface area (Å²) < 4.78 is 8.13. The highest BCUT2D eigenvalue weighted by atomic mass is 35.5. The van der Waals surface area contributed by atoms with Crippen molar-refractivity contribution < 1.29 is 14.3 Å². The zero-order chi connectivity index (χ0) is 32.1. The minimum absolute atomic E-state index is 0.155. The fourth-order valence-electron chi connectivity index (χ4n) is 6.76. The molecule has 0 N–H and O–H groups in total. The Morgan fingerprint density at radius 1 is 1.11 bits per heavy atom. The van der Waals surface area contributed by atoms with Gasteiger partial charge in [-0.3, -0.25) is 14.5 Å². The molecule has 10 nitrogen and oxygen atoms in total. The molecular weight excluding hydrogens is 622 g/mol. The van der Waals surface area contributed by atoms with Gasteiger partial charge in [-0.05, 0) is 74.7 Å². The van der Waals surface area contributed by atoms with Crippen molar-refractivity contribution in [3.8, 4) is 21.8 Å². The van der Waals surface area contributed by atoms with E-state index in [1.165, 1.54) is 0 Å². The number of hydrogen-bond donors (Lipinski definition) is 0. The highest BCUT2D eigenvalue weighted by Gasteiger charge is 2.36. The number of hydrogen-bond acceptors (Lipinski definition) is 9. The largest absolute Gasteiger partial charge is 0.466 e. The van der Waals surface area contributed by atoms with E-state index in [9.17, 15) is 9.59 Å². The van der Waals surface area contributed by atoms with Gasteiger partial charge in [-0.25, -0.2) is 19.6 Å². The molecule has 0 unspecified atom stereocenters. The van der Waals surface area contributed by atoms with Crippen molar-refractivity contribution in [2.45, 2.75) is 52.0 Å². The second kappa shape index (κ2) is 12.4. The molecule has 5 heterocycles. The van der Waals surface area contributed by atoms with Crippen LogP contribution in [-0.2, 0) is 27.8 Å². The Balaban J connectivity index is 1.23. The van der Waals surface area contributed by atoms with Crippen molar-refractivity contribution in [1.82, 2.24) is 34.5 Å². The van der Waals surface area contributed by atoms with E-state index in [1.807, 2.05) is 60.8 Å². The SMILES string of the molecule is CCOC(=O)Cc1c(C)cc2nc(-c3cnc4c(n3)c(C3CCN(C5CN(C(C)=O)C5)CC3)nn4C)sc2c1-c1ccc(Cl)cc1. The minimum Gasteiger partial charge on any atom is -0.466 e. The number of likely N-dealkylation sites (tertiary alicyclic amines) is 2. The van der Waals surface area contributed by atoms with Crippen molar-refractivity contribution in [1.29, 1.82) is 0 Å². The number of fused-ring (bicyclic) bond motifs is 2. The molecule has 0 atom stereocenters. The van der Waals surface area contributed by atoms with Gasteiger partial charge in [0.2, 0.25) is 5.91 Å². The Hall–Kier alpha value is -3.93. The summed E-state index contributed by atoms with van der Waals surface area (Å²) in [5, 5.41) is 6.31. The Bertz CT molecular complexity index is 1960. The van der Waals surface area contributed by atoms with Crippen LogP contribution in [-0.4, -0.2) is 85.2 Å². The number of aromatic nitrogens is 5. The summed E-state index contributed by atoms with van der Waals surface area (Å²) in [6.07, 6.45) is 3.92. The number of carbonyl (C=O) groups excluding carboxylic acids is 2. The molecule has 0 spiro atoms. The lowest BCUT2D eigenvalue weighted by molar-refractivity contribution is -0.142. The van der Waals surface area contributed by atoms with Crippen molar-refractivity contribution in [3.05, 3.63) is 58.4 Å². The average Bonchev–Trinajstić information content (AvgIpc) is 3.58. The average molecular weight is 658 g/mol. The molecule has 0 radical (unpaired) electrons. The first-order valence-electron chi connectivity index (χ1n) is 15.7. The van der Waals surface area contributed by atoms with Gasteiger partial charge in [0, 0.05) is 49.6 Å². The Labute approximate surface area is 276 Å². The van der Waals surface area contributed by atoms with Crippen LogP contribution in [0.1, 0.15) is 49.4 Å². The summed E-state index contributed by atoms with van der Waals surface area (Å²) >= 11 is 7.79. The summed E-state index contributed by atoms with van der Waals surface area (Å²) in [7, 11) is 1.92. The van der Waals surface area contributed by atoms with Crippen LogP contribution in [0, 0.1) is 6.92 Å². The lowest BCUT2D eigenvalue weighted by Gasteiger charge is -2.47. The molecule has 1 amide bonds. The van der Waals surface area contributed by atoms with E-state index in [-0.39, 0.29) is 24.2 Å². The predicted molar refractivity (Wildman–Crippen MR) is 180 cm³/mol. The van der Waals surface area contributed by atoms with Crippen LogP contribution >= 0.6 is 22.9 Å². The molecule has 3 aromatic heterocycles. The molecule has 238 valence electrons. The van der Waals surface area contributed by atoms with Crippen molar-refractivity contribution in [2.24, 2.45) is 7.05 Å². The van der Waals surface area contributed by atoms with Crippen molar-refractivity contribution >= 4 is 56.2 Å². The van der Waals surface area contributed by atoms with Gasteiger partial charge in [0.1, 0.15) is 16.2 Å². The van der Waals surface area contributed by atoms with Gasteiger partial charge in [-0.15, -0.1) is 11.3 Å². The quantitative estimate of drug-likeness (QED) is 0.203. The third kappa shape index (κ3) is 5.65. The molecule has 2 aromatic carbocycles. The molecule has 5 aromatic rings. The molecular formula is C34H36ClN7O3S. The second-order valence-electron chi connectivity index (χ2n) is 12.2. The van der Waals surface area contributed by atoms with Gasteiger partial charge in [0.25, 0.3) is 0 Å². The predicted octanol–water partition coefficient (Wildman–Crippen LogP) is 5.78. The van der Waals surface area contributed by atoms with E-state index < -0.39 is 0 Å². The molecule has 2 saturated heterocycles. The molecule has 7 rings (SSSR count). The first kappa shape index (κ1) is 30.7. The highest BCUT2D eigenvalue weighted by molar-refractivity contribution is 7.22. The van der Waals surface area contributed by atoms with Crippen LogP contribution in [0.4, 0.5) is 0 Å². The Morgan fingerprint density at radius 2 is 1.85 bits per heavy atom. The molecule has 2 fully saturated rings. The van der Waals surface area contributed by atoms with Crippen LogP contribution in [0.15, 0.2) is 36.5 Å². The van der Waals surface area contributed by atoms with E-state index in [0.29, 0.717) is 23.4 Å². The number of amides is 1. The highest BCUT2D eigenvalue weighted by Crippen LogP contribution is 2.41. The number of nitrogens with zero attached hydrogens (tertiary/aromatic N) is 7. The summed E-state index contributed by atoms with van der Waals surface area (Å²) in [5.41, 5.74) is 7.92. The van der Waals surface area contributed by atoms with Crippen LogP contribution in [0.5, 0.6) is 0 Å². The normalized spacial score (nSPS) is 16.3. The Morgan fingerprint density at radius 3 is 2.54 bits per heavy atom. The number of halogens is 1. The summed E-state index contributed by atoms with van der Waals surface area (Å²) in [6, 6.07) is 10.2. The third-order valence-electron chi connectivity index (χ3n) is 9.29. The standard InChI is InChI=1S/C34H36ClN7O3S/c1-5-45-28(44)15-25-19(2)14-26-32(29(25)21-6-8-23(35)9-7-21)46-34(38-26)27-16-36-33-31(37-27)30(39-40(33)4)22-10-12-41(13-11-22)24-17-42(18-24)20(3)43/h6-9,14,16,22,24H,5,10-13,15,17-18H2,1-4H3. The second-order valence-corrected chi connectivity index (χ2v) is 13.7. The fourth-order valence-corrected chi connectivity index (χ4v) is 7.98. The number of esters is 1. The van der Waals surface area contributed by atoms with Gasteiger partial charge in [-0.2, -0.15) is 5.10 Å². The van der Waals surface area contributed by atoms with Crippen LogP contribution < -0.4 is 0 Å². The number of ether oxygens (including phenoxy) is 1. The monoisotopic (exact) mass is 657 g/mol. The molecule has 2 aliphatic rings. The maximum absolute atomic E-state index is 12.7. The van der Waals surface area contributed by atoms with Gasteiger partial charge in [0.15, 0.2) is 5.65 Å². The summed E-state index contributed by atoms with van der Waals surface area (Å²) in [4.78, 5) is 43.7. The van der Waals surface area contributed by atoms with Gasteiger partial charge < -0.3 is 9.64 Å². The number of benzene rings is 2. The summed E-state index contributed by atoms with van der Waals surface area (Å²) in [6.45, 7) is 9.41. The number of aryl methyl sites for hydroxylation is 2. The molecule has 12 heteroatoms. The van der Waals surface area contributed by atoms with Crippen molar-refractivity contribution in [2.75, 3.05) is 32.8 Å². The Kier molecular flexibility index (Phi) is 8.25. The van der Waals surface area contributed by atoms with Crippen molar-refractivity contribution in [3.63, 3.8) is 0 Å². The number of piperidine rings is 1. The summed E-state index contributed by atoms with van der Waals surface area (Å²) in [5.74, 6) is 0.178. The zero-order valence-corrected chi connectivity index (χ0v) is 28.0. The molecule has 0 aliphatic carbocycles. The number of carbonyl (C=O) groups is 2. The maximum atomic E-state index is 12.7. The lowest BCUT2D eigenvalue weighted by Crippen LogP contribution is -2.61. The minimum atomic E-state index is -0.262. The smallest absolute Gasteiger partial charge is 0.310 e. The topological polar surface area (TPSA) is 106 Å². The third-order valence-corrected chi connectivity index (χ3v) is 10.7. The maximum Gasteiger partial charge on any atom is 0.310 e. The van der Waals surface area contributed by atoms with E-state index in [1.54, 1.807) is 24.5 Å². The van der Waals surface area contributed by atoms with Crippen LogP contribution in [0.2, 0.25) is 5.02 Å². The van der Waals surface area contributed by atoms with Gasteiger partial charge in [0.05, 0.1) is 35.1 Å². The van der Waals surface area contributed by atoms with E-state index >= 15 is 0 Å². The van der Waals surface area contributed by atoms with Crippen LogP contribution in [0.3, 0.4) is 0 Å². The fraction of sp³-hybridized carbons (Fsp3) is 0.412. The van der Waals surface area contributed by atoms with E-state index in [4.69, 9.17) is 36.4 Å². The van der Waals surface area contributed by atoms with E-state index in [2.05, 4.69) is 4.90 Å². The van der Waals surface area contributed by atoms with E-state index in [0.717, 1.165) is 93.4 Å². The number of rotatable bonds is 7. The zero-order valence-electron chi connectivity index (χ0n) is 26.4. The number of thiazole rings is 1. The van der Waals surface area contributed by atoms with Gasteiger partial charge >= 0.3 is 5.97 Å². The lowest BCUT2D eigenvalue weighted by atomic mass is 9.91. The first-order valence-corrected chi connectivity index (χ1v) is 16.9.